The van der Waals surface area contributed by atoms with Crippen molar-refractivity contribution in [2.45, 2.75) is 38.6 Å². The van der Waals surface area contributed by atoms with Crippen molar-refractivity contribution < 1.29 is 47.0 Å². The van der Waals surface area contributed by atoms with Gasteiger partial charge in [0.05, 0.1) is 11.8 Å². The second-order valence-corrected chi connectivity index (χ2v) is 10.7. The van der Waals surface area contributed by atoms with Crippen molar-refractivity contribution >= 4 is 39.6 Å². The maximum Gasteiger partial charge on any atom is 0.328 e. The molecular weight excluding hydrogens is 472 g/mol. The van der Waals surface area contributed by atoms with E-state index in [1.165, 1.54) is 0 Å². The summed E-state index contributed by atoms with van der Waals surface area (Å²) in [6.45, 7) is 3.15. The monoisotopic (exact) mass is 498 g/mol. The molecule has 1 aliphatic rings. The van der Waals surface area contributed by atoms with Gasteiger partial charge >= 0.3 is 17.9 Å². The average molecular weight is 499 g/mol. The van der Waals surface area contributed by atoms with E-state index < -0.39 is 75.5 Å². The van der Waals surface area contributed by atoms with Gasteiger partial charge < -0.3 is 24.8 Å². The molecule has 0 aliphatic carbocycles. The number of ether oxygens (including phenoxy) is 2. The summed E-state index contributed by atoms with van der Waals surface area (Å²) < 4.78 is 34.7. The molecule has 186 valence electrons. The Morgan fingerprint density at radius 2 is 1.71 bits per heavy atom. The molecule has 0 bridgehead atoms. The largest absolute Gasteiger partial charge is 0.480 e. The number of amides is 2. The van der Waals surface area contributed by atoms with Crippen LogP contribution in [0.1, 0.15) is 26.3 Å². The lowest BCUT2D eigenvalue weighted by Gasteiger charge is -2.45. The first-order valence-corrected chi connectivity index (χ1v) is 11.8. The zero-order valence-corrected chi connectivity index (χ0v) is 19.7. The smallest absolute Gasteiger partial charge is 0.328 e. The highest BCUT2D eigenvalue weighted by Crippen LogP contribution is 2.26. The first kappa shape index (κ1) is 26.8. The zero-order valence-electron chi connectivity index (χ0n) is 18.8. The van der Waals surface area contributed by atoms with Gasteiger partial charge in [0.15, 0.2) is 15.2 Å². The van der Waals surface area contributed by atoms with Crippen LogP contribution in [-0.2, 0) is 49.7 Å². The molecule has 0 radical (unpaired) electrons. The number of carbonyl (C=O) groups is 5. The summed E-state index contributed by atoms with van der Waals surface area (Å²) in [5.41, 5.74) is -0.233. The number of carboxylic acids is 1. The number of hydrogen-bond donors (Lipinski definition) is 2. The molecule has 12 nitrogen and oxygen atoms in total. The summed E-state index contributed by atoms with van der Waals surface area (Å²) in [5, 5.41) is 9.46. The van der Waals surface area contributed by atoms with Crippen molar-refractivity contribution in [3.63, 3.8) is 0 Å². The van der Waals surface area contributed by atoms with Crippen molar-refractivity contribution in [1.82, 2.24) is 10.2 Å². The van der Waals surface area contributed by atoms with Crippen LogP contribution in [0.2, 0.25) is 0 Å². The lowest BCUT2D eigenvalue weighted by Crippen LogP contribution is -2.74. The molecule has 2 amide bonds. The maximum absolute atomic E-state index is 12.6. The number of sulfone groups is 1. The lowest BCUT2D eigenvalue weighted by atomic mass is 9.98. The highest BCUT2D eigenvalue weighted by molar-refractivity contribution is 7.92. The molecule has 0 saturated carbocycles. The van der Waals surface area contributed by atoms with Crippen LogP contribution in [0.5, 0.6) is 0 Å². The van der Waals surface area contributed by atoms with Gasteiger partial charge in [0.2, 0.25) is 18.6 Å². The highest BCUT2D eigenvalue weighted by atomic mass is 32.2. The van der Waals surface area contributed by atoms with Crippen LogP contribution in [0.15, 0.2) is 30.3 Å². The fraction of sp³-hybridized carbons (Fsp3) is 0.476. The number of rotatable bonds is 10. The van der Waals surface area contributed by atoms with E-state index in [2.05, 4.69) is 5.32 Å². The molecule has 13 heteroatoms. The lowest BCUT2D eigenvalue weighted by molar-refractivity contribution is -0.176. The van der Waals surface area contributed by atoms with Crippen molar-refractivity contribution in [1.29, 1.82) is 0 Å². The van der Waals surface area contributed by atoms with E-state index in [0.717, 1.165) is 0 Å². The molecular formula is C21H26N2O10S. The van der Waals surface area contributed by atoms with Crippen LogP contribution in [-0.4, -0.2) is 78.7 Å². The fourth-order valence-corrected chi connectivity index (χ4v) is 4.72. The summed E-state index contributed by atoms with van der Waals surface area (Å²) in [7, 11) is -4.47. The molecule has 34 heavy (non-hydrogen) atoms. The van der Waals surface area contributed by atoms with Crippen LogP contribution in [0.3, 0.4) is 0 Å². The topological polar surface area (TPSA) is 173 Å². The predicted octanol–water partition coefficient (Wildman–Crippen LogP) is -0.528. The number of nitrogens with one attached hydrogen (secondary N) is 1. The molecule has 0 unspecified atom stereocenters. The number of β-lactam (4-membered cyclic amide) rings is 1. The molecule has 2 N–H and O–H groups in total. The molecule has 1 aromatic rings. The van der Waals surface area contributed by atoms with Crippen LogP contribution in [0, 0.1) is 5.41 Å². The van der Waals surface area contributed by atoms with E-state index in [1.807, 2.05) is 0 Å². The molecule has 1 saturated heterocycles. The summed E-state index contributed by atoms with van der Waals surface area (Å²) in [6, 6.07) is 6.90. The van der Waals surface area contributed by atoms with Crippen LogP contribution < -0.4 is 5.32 Å². The molecule has 1 aliphatic heterocycles. The van der Waals surface area contributed by atoms with Gasteiger partial charge in [-0.25, -0.2) is 8.42 Å². The quantitative estimate of drug-likeness (QED) is 0.242. The predicted molar refractivity (Wildman–Crippen MR) is 116 cm³/mol. The Morgan fingerprint density at radius 3 is 2.26 bits per heavy atom. The summed E-state index contributed by atoms with van der Waals surface area (Å²) in [6.07, 6.45) is -0.141. The van der Waals surface area contributed by atoms with Gasteiger partial charge in [-0.15, -0.1) is 0 Å². The van der Waals surface area contributed by atoms with E-state index >= 15 is 0 Å². The fourth-order valence-electron chi connectivity index (χ4n) is 3.04. The minimum atomic E-state index is -4.47. The third kappa shape index (κ3) is 7.01. The van der Waals surface area contributed by atoms with Gasteiger partial charge in [-0.3, -0.25) is 24.0 Å². The van der Waals surface area contributed by atoms with Gasteiger partial charge in [-0.05, 0) is 26.3 Å². The SMILES string of the molecule is CC(C)(C)C(=O)OCOC(=O)CN1C(=O)[C@@H](NC(=O)Cc2ccccc2)[C@H]1S(=O)(=O)CC(=O)O. The molecule has 1 heterocycles. The minimum Gasteiger partial charge on any atom is -0.480 e. The number of benzene rings is 1. The van der Waals surface area contributed by atoms with Gasteiger partial charge in [0, 0.05) is 0 Å². The number of carboxylic acid groups (broad SMARTS) is 1. The van der Waals surface area contributed by atoms with Crippen molar-refractivity contribution in [2.75, 3.05) is 19.1 Å². The van der Waals surface area contributed by atoms with Crippen molar-refractivity contribution in [3.8, 4) is 0 Å². The summed E-state index contributed by atoms with van der Waals surface area (Å²) >= 11 is 0. The molecule has 0 spiro atoms. The van der Waals surface area contributed by atoms with E-state index in [-0.39, 0.29) is 6.42 Å². The van der Waals surface area contributed by atoms with Crippen molar-refractivity contribution in [3.05, 3.63) is 35.9 Å². The van der Waals surface area contributed by atoms with E-state index in [4.69, 9.17) is 14.6 Å². The Labute approximate surface area is 196 Å². The second kappa shape index (κ2) is 10.6. The number of likely N-dealkylation sites (tertiary alicyclic amines) is 1. The van der Waals surface area contributed by atoms with Crippen LogP contribution in [0.25, 0.3) is 0 Å². The Hall–Kier alpha value is -3.48. The zero-order chi connectivity index (χ0) is 25.7. The summed E-state index contributed by atoms with van der Waals surface area (Å²) in [5.74, 6) is -6.26. The van der Waals surface area contributed by atoms with Gasteiger partial charge in [-0.1, -0.05) is 30.3 Å². The Morgan fingerprint density at radius 1 is 1.09 bits per heavy atom. The first-order valence-electron chi connectivity index (χ1n) is 10.1. The minimum absolute atomic E-state index is 0.141. The number of esters is 2. The molecule has 0 aromatic heterocycles. The Bertz CT molecular complexity index is 1060. The maximum atomic E-state index is 12.6. The third-order valence-electron chi connectivity index (χ3n) is 4.68. The normalized spacial score (nSPS) is 18.0. The molecule has 2 atom stereocenters. The van der Waals surface area contributed by atoms with E-state index in [9.17, 15) is 32.4 Å². The number of aliphatic carboxylic acids is 1. The molecule has 1 aromatic carbocycles. The second-order valence-electron chi connectivity index (χ2n) is 8.58. The van der Waals surface area contributed by atoms with E-state index in [1.54, 1.807) is 51.1 Å². The van der Waals surface area contributed by atoms with Gasteiger partial charge in [0.25, 0.3) is 0 Å². The van der Waals surface area contributed by atoms with Crippen LogP contribution >= 0.6 is 0 Å². The van der Waals surface area contributed by atoms with Crippen molar-refractivity contribution in [2.24, 2.45) is 5.41 Å². The van der Waals surface area contributed by atoms with Crippen LogP contribution in [0.4, 0.5) is 0 Å². The third-order valence-corrected chi connectivity index (χ3v) is 6.59. The average Bonchev–Trinajstić information content (AvgIpc) is 2.71. The number of carbonyl (C=O) groups excluding carboxylic acids is 4. The molecule has 1 fully saturated rings. The number of hydrogen-bond acceptors (Lipinski definition) is 9. The molecule has 2 rings (SSSR count). The summed E-state index contributed by atoms with van der Waals surface area (Å²) in [4.78, 5) is 60.3. The Kier molecular flexibility index (Phi) is 8.37. The van der Waals surface area contributed by atoms with Gasteiger partial charge in [-0.2, -0.15) is 0 Å². The Balaban J connectivity index is 2.07. The number of nitrogens with zero attached hydrogens (tertiary/aromatic N) is 1. The van der Waals surface area contributed by atoms with Gasteiger partial charge in [0.1, 0.15) is 18.3 Å². The highest BCUT2D eigenvalue weighted by Gasteiger charge is 2.56. The standard InChI is InChI=1S/C21H26N2O10S/c1-21(2,3)20(29)33-12-32-16(27)10-23-18(28)17(19(23)34(30,31)11-15(25)26)22-14(24)9-13-7-5-4-6-8-13/h4-8,17,19H,9-12H2,1-3H3,(H,22,24)(H,25,26)/t17-,19-/m1/s1. The van der Waals surface area contributed by atoms with E-state index in [0.29, 0.717) is 10.5 Å². The first-order chi connectivity index (χ1) is 15.7.